The number of halogens is 1. The lowest BCUT2D eigenvalue weighted by Gasteiger charge is -2.32. The number of aromatic nitrogens is 4. The quantitative estimate of drug-likeness (QED) is 0.449. The van der Waals surface area contributed by atoms with Crippen molar-refractivity contribution in [3.63, 3.8) is 0 Å². The number of pyridine rings is 1. The van der Waals surface area contributed by atoms with E-state index in [1.807, 2.05) is 30.3 Å². The lowest BCUT2D eigenvalue weighted by molar-refractivity contribution is -0.114. The Morgan fingerprint density at radius 1 is 1.23 bits per heavy atom. The van der Waals surface area contributed by atoms with Crippen molar-refractivity contribution in [1.82, 2.24) is 19.7 Å². The highest BCUT2D eigenvalue weighted by Crippen LogP contribution is 2.33. The zero-order chi connectivity index (χ0) is 24.5. The Morgan fingerprint density at radius 3 is 2.89 bits per heavy atom. The Morgan fingerprint density at radius 2 is 2.09 bits per heavy atom. The molecule has 0 radical (unpaired) electrons. The van der Waals surface area contributed by atoms with Gasteiger partial charge in [-0.25, -0.2) is 14.4 Å². The lowest BCUT2D eigenvalue weighted by atomic mass is 10.1. The molecule has 1 aliphatic rings. The van der Waals surface area contributed by atoms with E-state index in [0.717, 1.165) is 17.3 Å². The number of oxazole rings is 1. The van der Waals surface area contributed by atoms with Crippen LogP contribution in [-0.4, -0.2) is 50.8 Å². The SMILES string of the molecule is CC(=O)Nc1cc(-c2nc(C(=O)Nc3cc4cn(C)nc4cc3N3CCCC(F)C3)co2)ccn1. The smallest absolute Gasteiger partial charge is 0.277 e. The third kappa shape index (κ3) is 4.84. The summed E-state index contributed by atoms with van der Waals surface area (Å²) in [4.78, 5) is 34.7. The van der Waals surface area contributed by atoms with Gasteiger partial charge < -0.3 is 20.0 Å². The number of carbonyl (C=O) groups is 2. The number of nitrogens with zero attached hydrogens (tertiary/aromatic N) is 5. The molecule has 1 unspecified atom stereocenters. The maximum atomic E-state index is 14.2. The molecule has 1 aromatic carbocycles. The van der Waals surface area contributed by atoms with E-state index in [9.17, 15) is 14.0 Å². The molecule has 10 nitrogen and oxygen atoms in total. The van der Waals surface area contributed by atoms with E-state index in [1.165, 1.54) is 19.4 Å². The number of fused-ring (bicyclic) bond motifs is 1. The number of nitrogens with one attached hydrogen (secondary N) is 2. The molecule has 4 aromatic rings. The molecule has 1 fully saturated rings. The van der Waals surface area contributed by atoms with E-state index in [4.69, 9.17) is 4.42 Å². The monoisotopic (exact) mass is 477 g/mol. The number of hydrogen-bond donors (Lipinski definition) is 2. The van der Waals surface area contributed by atoms with Crippen molar-refractivity contribution in [2.45, 2.75) is 25.9 Å². The molecule has 1 aliphatic heterocycles. The first-order valence-corrected chi connectivity index (χ1v) is 11.2. The molecule has 180 valence electrons. The lowest BCUT2D eigenvalue weighted by Crippen LogP contribution is -2.37. The molecule has 0 saturated carbocycles. The summed E-state index contributed by atoms with van der Waals surface area (Å²) in [7, 11) is 1.82. The zero-order valence-corrected chi connectivity index (χ0v) is 19.3. The summed E-state index contributed by atoms with van der Waals surface area (Å²) in [6.07, 6.45) is 4.97. The Labute approximate surface area is 200 Å². The third-order valence-electron chi connectivity index (χ3n) is 5.74. The van der Waals surface area contributed by atoms with E-state index in [2.05, 4.69) is 25.7 Å². The minimum Gasteiger partial charge on any atom is -0.444 e. The summed E-state index contributed by atoms with van der Waals surface area (Å²) in [5, 5.41) is 10.8. The van der Waals surface area contributed by atoms with Gasteiger partial charge in [0.05, 0.1) is 16.9 Å². The number of rotatable bonds is 5. The number of hydrogen-bond acceptors (Lipinski definition) is 7. The van der Waals surface area contributed by atoms with Gasteiger partial charge in [0.15, 0.2) is 5.69 Å². The second kappa shape index (κ2) is 9.16. The van der Waals surface area contributed by atoms with Crippen LogP contribution < -0.4 is 15.5 Å². The molecular weight excluding hydrogens is 453 g/mol. The highest BCUT2D eigenvalue weighted by atomic mass is 19.1. The molecule has 0 bridgehead atoms. The number of aryl methyl sites for hydroxylation is 1. The predicted molar refractivity (Wildman–Crippen MR) is 129 cm³/mol. The number of alkyl halides is 1. The molecule has 11 heteroatoms. The Kier molecular flexibility index (Phi) is 5.89. The van der Waals surface area contributed by atoms with Crippen LogP contribution in [0.2, 0.25) is 0 Å². The molecule has 4 heterocycles. The van der Waals surface area contributed by atoms with Crippen LogP contribution in [0.1, 0.15) is 30.3 Å². The predicted octanol–water partition coefficient (Wildman–Crippen LogP) is 3.77. The summed E-state index contributed by atoms with van der Waals surface area (Å²) < 4.78 is 21.4. The Hall–Kier alpha value is -4.28. The standard InChI is InChI=1S/C24H24FN7O3/c1-14(33)27-22-9-15(5-6-26-22)24-29-20(13-35-24)23(34)28-19-8-16-11-31(2)30-18(16)10-21(19)32-7-3-4-17(25)12-32/h5-6,8-11,13,17H,3-4,7,12H2,1-2H3,(H,28,34)(H,26,27,33). The van der Waals surface area contributed by atoms with Gasteiger partial charge in [0.25, 0.3) is 5.91 Å². The van der Waals surface area contributed by atoms with E-state index in [1.54, 1.807) is 16.8 Å². The van der Waals surface area contributed by atoms with E-state index in [0.29, 0.717) is 35.7 Å². The number of anilines is 3. The molecular formula is C24H24FN7O3. The maximum absolute atomic E-state index is 14.2. The third-order valence-corrected chi connectivity index (χ3v) is 5.74. The number of benzene rings is 1. The Bertz CT molecular complexity index is 1410. The largest absolute Gasteiger partial charge is 0.444 e. The molecule has 2 amide bonds. The van der Waals surface area contributed by atoms with Gasteiger partial charge in [-0.3, -0.25) is 14.3 Å². The maximum Gasteiger partial charge on any atom is 0.277 e. The first-order chi connectivity index (χ1) is 16.9. The van der Waals surface area contributed by atoms with Crippen molar-refractivity contribution in [3.05, 3.63) is 48.6 Å². The van der Waals surface area contributed by atoms with Crippen molar-refractivity contribution in [2.75, 3.05) is 28.6 Å². The van der Waals surface area contributed by atoms with Crippen molar-refractivity contribution < 1.29 is 18.4 Å². The highest BCUT2D eigenvalue weighted by molar-refractivity contribution is 6.06. The number of piperidine rings is 1. The van der Waals surface area contributed by atoms with Crippen molar-refractivity contribution in [1.29, 1.82) is 0 Å². The molecule has 0 aliphatic carbocycles. The summed E-state index contributed by atoms with van der Waals surface area (Å²) in [6.45, 7) is 2.33. The van der Waals surface area contributed by atoms with Crippen LogP contribution in [-0.2, 0) is 11.8 Å². The molecule has 0 spiro atoms. The van der Waals surface area contributed by atoms with Crippen LogP contribution in [0.4, 0.5) is 21.6 Å². The zero-order valence-electron chi connectivity index (χ0n) is 19.3. The van der Waals surface area contributed by atoms with E-state index >= 15 is 0 Å². The van der Waals surface area contributed by atoms with E-state index in [-0.39, 0.29) is 24.0 Å². The Balaban J connectivity index is 1.42. The molecule has 1 atom stereocenters. The van der Waals surface area contributed by atoms with Gasteiger partial charge in [-0.1, -0.05) is 0 Å². The second-order valence-electron chi connectivity index (χ2n) is 8.52. The second-order valence-corrected chi connectivity index (χ2v) is 8.52. The average molecular weight is 478 g/mol. The van der Waals surface area contributed by atoms with Crippen LogP contribution in [0.15, 0.2) is 47.3 Å². The van der Waals surface area contributed by atoms with E-state index < -0.39 is 12.1 Å². The average Bonchev–Trinajstić information content (AvgIpc) is 3.44. The minimum atomic E-state index is -0.924. The fourth-order valence-corrected chi connectivity index (χ4v) is 4.20. The van der Waals surface area contributed by atoms with Crippen LogP contribution >= 0.6 is 0 Å². The number of carbonyl (C=O) groups excluding carboxylic acids is 2. The van der Waals surface area contributed by atoms with Gasteiger partial charge in [-0.2, -0.15) is 5.10 Å². The molecule has 5 rings (SSSR count). The van der Waals surface area contributed by atoms with Gasteiger partial charge in [-0.15, -0.1) is 0 Å². The summed E-state index contributed by atoms with van der Waals surface area (Å²) in [5.41, 5.74) is 2.66. The topological polar surface area (TPSA) is 118 Å². The first kappa shape index (κ1) is 22.5. The molecule has 3 aromatic heterocycles. The number of amides is 2. The first-order valence-electron chi connectivity index (χ1n) is 11.2. The minimum absolute atomic E-state index is 0.0807. The van der Waals surface area contributed by atoms with Crippen molar-refractivity contribution >= 4 is 39.9 Å². The van der Waals surface area contributed by atoms with Gasteiger partial charge in [0.2, 0.25) is 11.8 Å². The summed E-state index contributed by atoms with van der Waals surface area (Å²) in [6, 6.07) is 6.98. The van der Waals surface area contributed by atoms with Crippen LogP contribution in [0, 0.1) is 0 Å². The van der Waals surface area contributed by atoms with Gasteiger partial charge in [0, 0.05) is 50.4 Å². The van der Waals surface area contributed by atoms with Crippen LogP contribution in [0.5, 0.6) is 0 Å². The van der Waals surface area contributed by atoms with Crippen molar-refractivity contribution in [2.24, 2.45) is 7.05 Å². The van der Waals surface area contributed by atoms with Gasteiger partial charge >= 0.3 is 0 Å². The summed E-state index contributed by atoms with van der Waals surface area (Å²) >= 11 is 0. The molecule has 35 heavy (non-hydrogen) atoms. The normalized spacial score (nSPS) is 15.9. The summed E-state index contributed by atoms with van der Waals surface area (Å²) in [5.74, 6) is -0.157. The molecule has 2 N–H and O–H groups in total. The fourth-order valence-electron chi connectivity index (χ4n) is 4.20. The van der Waals surface area contributed by atoms with Crippen LogP contribution in [0.25, 0.3) is 22.4 Å². The fraction of sp³-hybridized carbons (Fsp3) is 0.292. The molecule has 1 saturated heterocycles. The highest BCUT2D eigenvalue weighted by Gasteiger charge is 2.24. The van der Waals surface area contributed by atoms with Crippen LogP contribution in [0.3, 0.4) is 0 Å². The van der Waals surface area contributed by atoms with Crippen molar-refractivity contribution in [3.8, 4) is 11.5 Å². The van der Waals surface area contributed by atoms with Gasteiger partial charge in [-0.05, 0) is 37.1 Å². The van der Waals surface area contributed by atoms with Gasteiger partial charge in [0.1, 0.15) is 18.3 Å².